The summed E-state index contributed by atoms with van der Waals surface area (Å²) in [5.74, 6) is -0.561. The molecule has 2 aliphatic rings. The van der Waals surface area contributed by atoms with Crippen molar-refractivity contribution in [2.24, 2.45) is 0 Å². The number of furan rings is 1. The van der Waals surface area contributed by atoms with Gasteiger partial charge in [0.15, 0.2) is 0 Å². The Morgan fingerprint density at radius 3 is 1.31 bits per heavy atom. The Labute approximate surface area is 629 Å². The molecule has 0 radical (unpaired) electrons. The van der Waals surface area contributed by atoms with Gasteiger partial charge in [0.1, 0.15) is 11.2 Å². The number of hydrogen-bond acceptors (Lipinski definition) is 3. The fourth-order valence-corrected chi connectivity index (χ4v) is 16.2. The Kier molecular flexibility index (Phi) is 13.2. The molecule has 2 aromatic heterocycles. The number of hydrogen-bond donors (Lipinski definition) is 0. The van der Waals surface area contributed by atoms with Crippen molar-refractivity contribution < 1.29 is 15.4 Å². The molecule has 1 atom stereocenters. The first kappa shape index (κ1) is 56.8. The van der Waals surface area contributed by atoms with Crippen molar-refractivity contribution in [2.45, 2.75) is 111 Å². The van der Waals surface area contributed by atoms with E-state index in [1.165, 1.54) is 16.7 Å². The summed E-state index contributed by atoms with van der Waals surface area (Å²) < 4.78 is 87.2. The van der Waals surface area contributed by atoms with Crippen molar-refractivity contribution >= 4 is 77.9 Å². The summed E-state index contributed by atoms with van der Waals surface area (Å²) >= 11 is 0. The molecule has 14 aromatic carbocycles. The van der Waals surface area contributed by atoms with Crippen LogP contribution in [0, 0.1) is 0 Å². The fourth-order valence-electron chi connectivity index (χ4n) is 16.2. The molecule has 16 aromatic rings. The number of fused-ring (bicyclic) bond motifs is 10. The van der Waals surface area contributed by atoms with Crippen molar-refractivity contribution in [2.75, 3.05) is 9.80 Å². The maximum atomic E-state index is 10.2. The molecule has 0 amide bonds. The zero-order valence-corrected chi connectivity index (χ0v) is 61.6. The monoisotopic (exact) mass is 1370 g/mol. The van der Waals surface area contributed by atoms with Crippen LogP contribution >= 0.6 is 0 Å². The molecule has 105 heavy (non-hydrogen) atoms. The largest absolute Gasteiger partial charge is 0.455 e. The highest BCUT2D eigenvalue weighted by atomic mass is 16.3. The Balaban J connectivity index is 1.11. The van der Waals surface area contributed by atoms with E-state index >= 15 is 0 Å². The quantitative estimate of drug-likeness (QED) is 0.144. The van der Waals surface area contributed by atoms with E-state index in [9.17, 15) is 11.0 Å². The second-order valence-corrected chi connectivity index (χ2v) is 32.7. The minimum Gasteiger partial charge on any atom is -0.455 e. The molecule has 0 fully saturated rings. The molecule has 512 valence electrons. The molecule has 1 unspecified atom stereocenters. The van der Waals surface area contributed by atoms with Gasteiger partial charge in [0.25, 0.3) is 0 Å². The van der Waals surface area contributed by atoms with Crippen LogP contribution in [0.4, 0.5) is 34.1 Å². The summed E-state index contributed by atoms with van der Waals surface area (Å²) in [6, 6.07) is 88.2. The predicted molar refractivity (Wildman–Crippen MR) is 446 cm³/mol. The van der Waals surface area contributed by atoms with E-state index in [0.29, 0.717) is 17.0 Å². The lowest BCUT2D eigenvalue weighted by Crippen LogP contribution is -2.30. The fraction of sp³-hybridized carbons (Fsp3) is 0.168. The number of nitrogens with zero attached hydrogens (tertiary/aromatic N) is 3. The maximum Gasteiger partial charge on any atom is 0.145 e. The van der Waals surface area contributed by atoms with Crippen LogP contribution in [0.15, 0.2) is 308 Å². The van der Waals surface area contributed by atoms with Crippen molar-refractivity contribution in [3.8, 4) is 72.4 Å². The van der Waals surface area contributed by atoms with E-state index in [1.807, 2.05) is 24.3 Å². The van der Waals surface area contributed by atoms with Crippen LogP contribution in [0.3, 0.4) is 0 Å². The summed E-state index contributed by atoms with van der Waals surface area (Å²) in [7, 11) is 0. The molecule has 0 saturated carbocycles. The molecular weight excluding hydrogens is 1270 g/mol. The van der Waals surface area contributed by atoms with E-state index in [0.717, 1.165) is 134 Å². The van der Waals surface area contributed by atoms with Gasteiger partial charge in [-0.1, -0.05) is 320 Å². The molecule has 0 N–H and O–H groups in total. The first-order valence-electron chi connectivity index (χ1n) is 40.7. The molecule has 4 heterocycles. The highest BCUT2D eigenvalue weighted by Gasteiger charge is 2.45. The second kappa shape index (κ2) is 24.5. The van der Waals surface area contributed by atoms with Crippen molar-refractivity contribution in [3.63, 3.8) is 0 Å². The highest BCUT2D eigenvalue weighted by Crippen LogP contribution is 2.66. The Morgan fingerprint density at radius 2 is 0.771 bits per heavy atom. The maximum absolute atomic E-state index is 10.2. The lowest BCUT2D eigenvalue weighted by Gasteiger charge is -2.47. The third kappa shape index (κ3) is 11.0. The van der Waals surface area contributed by atoms with Crippen LogP contribution in [0.1, 0.15) is 139 Å². The van der Waals surface area contributed by atoms with Crippen molar-refractivity contribution in [1.29, 1.82) is 0 Å². The molecule has 18 rings (SSSR count). The molecule has 0 aliphatic carbocycles. The first-order valence-corrected chi connectivity index (χ1v) is 36.7. The van der Waals surface area contributed by atoms with Crippen LogP contribution < -0.4 is 9.80 Å². The van der Waals surface area contributed by atoms with Crippen LogP contribution in [0.25, 0.3) is 116 Å². The number of anilines is 6. The number of benzene rings is 14. The van der Waals surface area contributed by atoms with Gasteiger partial charge in [-0.15, -0.1) is 0 Å². The zero-order valence-electron chi connectivity index (χ0n) is 69.6. The topological polar surface area (TPSA) is 24.6 Å². The van der Waals surface area contributed by atoms with Crippen LogP contribution in [0.2, 0.25) is 0 Å². The molecule has 0 spiro atoms. The van der Waals surface area contributed by atoms with E-state index < -0.39 is 54.3 Å². The zero-order chi connectivity index (χ0) is 79.0. The predicted octanol–water partition coefficient (Wildman–Crippen LogP) is 28.6. The van der Waals surface area contributed by atoms with E-state index in [-0.39, 0.29) is 43.5 Å². The number of para-hydroxylation sites is 3. The SMILES string of the molecule is [2H]c1c([2H])c([2H])c2c(c1[2H])c1c([2H])c([2H])c([2H])c([2H])c1n2-c1cc2c3c(c1)N(c1c(-c4ccccc4)cc4c(oc5ccccc54)c1-c1ccccc1)c1cc(-c4ccc(C(C)(C)C)cc4)ccc1C3c1cc(-c3cc(C(C)(C)C)cc(C(C)(C)C)c3)ccc1N2c1c(-c2ccccc2)cc(C(C)(C)C)cc1-c1ccccc1. The van der Waals surface area contributed by atoms with Crippen LogP contribution in [-0.4, -0.2) is 4.57 Å². The van der Waals surface area contributed by atoms with Gasteiger partial charge in [0.05, 0.1) is 61.8 Å². The highest BCUT2D eigenvalue weighted by molar-refractivity contribution is 6.18. The molecule has 0 bridgehead atoms. The third-order valence-corrected chi connectivity index (χ3v) is 21.8. The first-order chi connectivity index (χ1) is 53.9. The number of rotatable bonds is 9. The minimum absolute atomic E-state index is 0.00749. The minimum atomic E-state index is -0.561. The Bertz CT molecular complexity index is 6450. The standard InChI is InChI=1S/C101H87N3O/c1-98(2,3)71-49-45-63(46-50-71)69-47-51-79-88(56-69)104(96-82(66-35-21-15-22-36-66)62-83-78-41-27-30-44-91(78)105-97(83)92(96)67-37-23-16-24-38-67)90-61-75(102-85-42-28-25-39-76(85)77-40-26-29-43-86(77)102)60-89-94(90)93(79)84-55-68(70-53-72(99(4,5)6)57-73(54-70)100(7,8)9)48-52-87(84)103(89)95-80(64-31-17-13-18-32-64)58-74(101(10,11)12)59-81(95)65-33-19-14-20-34-65/h13-62,93H,1-12H3/i25D,26D,28D,29D,39D,40D,42D,43D. The molecule has 0 saturated heterocycles. The summed E-state index contributed by atoms with van der Waals surface area (Å²) in [4.78, 5) is 4.89. The Morgan fingerprint density at radius 1 is 0.314 bits per heavy atom. The van der Waals surface area contributed by atoms with E-state index in [2.05, 4.69) is 323 Å². The lowest BCUT2D eigenvalue weighted by molar-refractivity contribution is 0.569. The molecular formula is C101H87N3O. The molecule has 4 nitrogen and oxygen atoms in total. The Hall–Kier alpha value is -11.7. The van der Waals surface area contributed by atoms with Gasteiger partial charge >= 0.3 is 0 Å². The summed E-state index contributed by atoms with van der Waals surface area (Å²) in [6.45, 7) is 27.2. The van der Waals surface area contributed by atoms with Gasteiger partial charge < -0.3 is 18.8 Å². The van der Waals surface area contributed by atoms with Gasteiger partial charge in [-0.05, 0) is 166 Å². The van der Waals surface area contributed by atoms with Gasteiger partial charge in [0, 0.05) is 55.3 Å². The van der Waals surface area contributed by atoms with Crippen LogP contribution in [0.5, 0.6) is 0 Å². The van der Waals surface area contributed by atoms with Gasteiger partial charge in [-0.2, -0.15) is 0 Å². The van der Waals surface area contributed by atoms with Crippen LogP contribution in [-0.2, 0) is 21.7 Å². The summed E-state index contributed by atoms with van der Waals surface area (Å²) in [5, 5.41) is 1.84. The summed E-state index contributed by atoms with van der Waals surface area (Å²) in [6.07, 6.45) is 0. The van der Waals surface area contributed by atoms with E-state index in [4.69, 9.17) is 4.42 Å². The molecule has 4 heteroatoms. The smallest absolute Gasteiger partial charge is 0.145 e. The average molecular weight is 1370 g/mol. The van der Waals surface area contributed by atoms with Gasteiger partial charge in [0.2, 0.25) is 0 Å². The second-order valence-electron chi connectivity index (χ2n) is 32.7. The van der Waals surface area contributed by atoms with Gasteiger partial charge in [-0.25, -0.2) is 0 Å². The number of aromatic nitrogens is 1. The normalized spacial score (nSPS) is 14.8. The summed E-state index contributed by atoms with van der Waals surface area (Å²) in [5.41, 5.74) is 25.0. The van der Waals surface area contributed by atoms with Gasteiger partial charge in [-0.3, -0.25) is 0 Å². The lowest BCUT2D eigenvalue weighted by atomic mass is 9.73. The average Bonchev–Trinajstić information content (AvgIpc) is 0.819. The molecule has 2 aliphatic heterocycles. The van der Waals surface area contributed by atoms with E-state index in [1.54, 1.807) is 4.57 Å². The third-order valence-electron chi connectivity index (χ3n) is 21.8. The van der Waals surface area contributed by atoms with Crippen molar-refractivity contribution in [3.05, 3.63) is 342 Å². The van der Waals surface area contributed by atoms with Crippen molar-refractivity contribution in [1.82, 2.24) is 4.57 Å².